The van der Waals surface area contributed by atoms with Crippen LogP contribution in [-0.4, -0.2) is 44.7 Å². The average molecular weight is 346 g/mol. The first-order valence-electron chi connectivity index (χ1n) is 8.27. The van der Waals surface area contributed by atoms with Crippen LogP contribution in [0.2, 0.25) is 0 Å². The Kier molecular flexibility index (Phi) is 2.94. The van der Waals surface area contributed by atoms with E-state index in [1.807, 2.05) is 24.3 Å². The van der Waals surface area contributed by atoms with Gasteiger partial charge in [0.25, 0.3) is 5.91 Å². The molecule has 1 spiro atoms. The van der Waals surface area contributed by atoms with E-state index in [1.54, 1.807) is 12.3 Å². The van der Waals surface area contributed by atoms with Gasteiger partial charge in [-0.15, -0.1) is 0 Å². The Morgan fingerprint density at radius 3 is 3.08 bits per heavy atom. The second kappa shape index (κ2) is 5.20. The van der Waals surface area contributed by atoms with Crippen molar-refractivity contribution in [3.63, 3.8) is 0 Å². The van der Waals surface area contributed by atoms with Crippen molar-refractivity contribution in [3.8, 4) is 23.3 Å². The fourth-order valence-electron chi connectivity index (χ4n) is 3.56. The number of H-pyrrole nitrogens is 1. The maximum Gasteiger partial charge on any atom is 0.270 e. The van der Waals surface area contributed by atoms with Gasteiger partial charge in [-0.05, 0) is 18.2 Å². The third kappa shape index (κ3) is 2.04. The molecule has 8 nitrogen and oxygen atoms in total. The first kappa shape index (κ1) is 14.7. The number of hydrogen-bond donors (Lipinski definition) is 2. The summed E-state index contributed by atoms with van der Waals surface area (Å²) in [7, 11) is 0. The lowest BCUT2D eigenvalue weighted by Gasteiger charge is -2.33. The van der Waals surface area contributed by atoms with Gasteiger partial charge in [-0.2, -0.15) is 10.4 Å². The molecule has 0 radical (unpaired) electrons. The highest BCUT2D eigenvalue weighted by molar-refractivity contribution is 6.01. The number of aromatic amines is 1. The zero-order valence-electron chi connectivity index (χ0n) is 13.7. The Morgan fingerprint density at radius 1 is 1.31 bits per heavy atom. The third-order valence-electron chi connectivity index (χ3n) is 4.95. The van der Waals surface area contributed by atoms with Crippen molar-refractivity contribution in [3.05, 3.63) is 36.5 Å². The number of carbonyl (C=O) groups is 1. The molecule has 1 amide bonds. The van der Waals surface area contributed by atoms with Crippen molar-refractivity contribution in [1.82, 2.24) is 20.1 Å². The summed E-state index contributed by atoms with van der Waals surface area (Å²) < 4.78 is 6.04. The lowest BCUT2D eigenvalue weighted by Crippen LogP contribution is -2.52. The maximum absolute atomic E-state index is 12.5. The van der Waals surface area contributed by atoms with Crippen LogP contribution >= 0.6 is 0 Å². The minimum Gasteiger partial charge on any atom is -0.457 e. The topological polar surface area (TPSA) is 107 Å². The second-order valence-corrected chi connectivity index (χ2v) is 6.51. The van der Waals surface area contributed by atoms with Gasteiger partial charge in [0.1, 0.15) is 5.69 Å². The van der Waals surface area contributed by atoms with E-state index in [0.717, 1.165) is 22.2 Å². The van der Waals surface area contributed by atoms with Crippen LogP contribution in [0.25, 0.3) is 22.2 Å². The number of nitriles is 1. The lowest BCUT2D eigenvalue weighted by atomic mass is 10.00. The first-order valence-corrected chi connectivity index (χ1v) is 8.27. The van der Waals surface area contributed by atoms with Crippen molar-refractivity contribution in [2.24, 2.45) is 0 Å². The predicted octanol–water partition coefficient (Wildman–Crippen LogP) is 1.88. The van der Waals surface area contributed by atoms with Gasteiger partial charge in [-0.25, -0.2) is 4.98 Å². The van der Waals surface area contributed by atoms with Gasteiger partial charge < -0.3 is 15.0 Å². The number of carbonyl (C=O) groups excluding carboxylic acids is 1. The van der Waals surface area contributed by atoms with E-state index in [-0.39, 0.29) is 12.5 Å². The second-order valence-electron chi connectivity index (χ2n) is 6.51. The summed E-state index contributed by atoms with van der Waals surface area (Å²) in [5.41, 5.74) is 2.07. The molecular formula is C18H14N6O2. The Balaban J connectivity index is 1.57. The molecule has 2 aliphatic rings. The average Bonchev–Trinajstić information content (AvgIpc) is 3.29. The monoisotopic (exact) mass is 346 g/mol. The fourth-order valence-corrected chi connectivity index (χ4v) is 3.56. The molecule has 0 saturated carbocycles. The number of aromatic nitrogens is 3. The third-order valence-corrected chi connectivity index (χ3v) is 4.95. The molecule has 8 heteroatoms. The molecular weight excluding hydrogens is 332 g/mol. The number of benzene rings is 1. The van der Waals surface area contributed by atoms with Crippen LogP contribution in [0.4, 0.5) is 5.69 Å². The highest BCUT2D eigenvalue weighted by atomic mass is 16.5. The number of rotatable bonds is 1. The van der Waals surface area contributed by atoms with Crippen LogP contribution in [-0.2, 0) is 4.79 Å². The van der Waals surface area contributed by atoms with Gasteiger partial charge in [-0.1, -0.05) is 12.1 Å². The molecule has 2 aliphatic heterocycles. The van der Waals surface area contributed by atoms with Gasteiger partial charge in [0, 0.05) is 23.9 Å². The number of ether oxygens (including phenoxy) is 1. The van der Waals surface area contributed by atoms with Crippen LogP contribution in [0.1, 0.15) is 6.42 Å². The zero-order valence-corrected chi connectivity index (χ0v) is 13.7. The molecule has 0 bridgehead atoms. The summed E-state index contributed by atoms with van der Waals surface area (Å²) >= 11 is 0. The molecule has 2 aromatic heterocycles. The summed E-state index contributed by atoms with van der Waals surface area (Å²) in [6.07, 6.45) is 4.29. The largest absolute Gasteiger partial charge is 0.457 e. The summed E-state index contributed by atoms with van der Waals surface area (Å²) in [6, 6.07) is 9.49. The Bertz CT molecular complexity index is 1080. The minimum absolute atomic E-state index is 0.228. The summed E-state index contributed by atoms with van der Waals surface area (Å²) in [5, 5.41) is 20.0. The summed E-state index contributed by atoms with van der Waals surface area (Å²) in [4.78, 5) is 18.7. The molecule has 4 heterocycles. The number of likely N-dealkylation sites (tertiary alicyclic amines) is 1. The maximum atomic E-state index is 12.5. The molecule has 26 heavy (non-hydrogen) atoms. The van der Waals surface area contributed by atoms with Crippen molar-refractivity contribution >= 4 is 22.5 Å². The van der Waals surface area contributed by atoms with Gasteiger partial charge in [-0.3, -0.25) is 9.89 Å². The van der Waals surface area contributed by atoms with Gasteiger partial charge in [0.05, 0.1) is 24.0 Å². The molecule has 1 fully saturated rings. The molecule has 5 rings (SSSR count). The number of anilines is 1. The quantitative estimate of drug-likeness (QED) is 0.652. The van der Waals surface area contributed by atoms with Crippen molar-refractivity contribution < 1.29 is 9.53 Å². The SMILES string of the molecule is N#CN1CC[C@@]2(C1)Oc1nc(-c3cccc4[nH]ncc34)ccc1NC2=O. The van der Waals surface area contributed by atoms with Crippen LogP contribution in [0.3, 0.4) is 0 Å². The lowest BCUT2D eigenvalue weighted by molar-refractivity contribution is -0.131. The Hall–Kier alpha value is -3.60. The minimum atomic E-state index is -1.06. The molecule has 0 aliphatic carbocycles. The Labute approximate surface area is 148 Å². The van der Waals surface area contributed by atoms with E-state index in [4.69, 9.17) is 10.00 Å². The predicted molar refractivity (Wildman–Crippen MR) is 93.1 cm³/mol. The number of amides is 1. The van der Waals surface area contributed by atoms with E-state index >= 15 is 0 Å². The van der Waals surface area contributed by atoms with Gasteiger partial charge in [0.2, 0.25) is 11.5 Å². The number of nitrogens with zero attached hydrogens (tertiary/aromatic N) is 4. The molecule has 1 atom stereocenters. The number of fused-ring (bicyclic) bond motifs is 2. The van der Waals surface area contributed by atoms with Gasteiger partial charge >= 0.3 is 0 Å². The highest BCUT2D eigenvalue weighted by Crippen LogP contribution is 2.38. The molecule has 2 N–H and O–H groups in total. The molecule has 128 valence electrons. The van der Waals surface area contributed by atoms with E-state index in [9.17, 15) is 4.79 Å². The van der Waals surface area contributed by atoms with Crippen LogP contribution in [0.5, 0.6) is 5.88 Å². The normalized spacial score (nSPS) is 21.3. The molecule has 3 aromatic rings. The smallest absolute Gasteiger partial charge is 0.270 e. The van der Waals surface area contributed by atoms with E-state index in [2.05, 4.69) is 26.7 Å². The van der Waals surface area contributed by atoms with Crippen LogP contribution in [0.15, 0.2) is 36.5 Å². The number of nitrogens with one attached hydrogen (secondary N) is 2. The highest BCUT2D eigenvalue weighted by Gasteiger charge is 2.50. The van der Waals surface area contributed by atoms with Crippen LogP contribution in [0, 0.1) is 11.5 Å². The van der Waals surface area contributed by atoms with Crippen molar-refractivity contribution in [2.75, 3.05) is 18.4 Å². The van der Waals surface area contributed by atoms with E-state index in [1.165, 1.54) is 4.90 Å². The van der Waals surface area contributed by atoms with E-state index < -0.39 is 5.60 Å². The molecule has 1 saturated heterocycles. The number of hydrogen-bond acceptors (Lipinski definition) is 6. The Morgan fingerprint density at radius 2 is 2.23 bits per heavy atom. The zero-order chi connectivity index (χ0) is 17.7. The summed E-state index contributed by atoms with van der Waals surface area (Å²) in [6.45, 7) is 0.727. The van der Waals surface area contributed by atoms with Crippen molar-refractivity contribution in [1.29, 1.82) is 5.26 Å². The molecule has 0 unspecified atom stereocenters. The molecule has 1 aromatic carbocycles. The summed E-state index contributed by atoms with van der Waals surface area (Å²) in [5.74, 6) is 0.150. The van der Waals surface area contributed by atoms with Crippen LogP contribution < -0.4 is 10.1 Å². The van der Waals surface area contributed by atoms with E-state index in [0.29, 0.717) is 24.5 Å². The fraction of sp³-hybridized carbons (Fsp3) is 0.222. The standard InChI is InChI=1S/C18H14N6O2/c19-10-24-7-6-18(9-24)17(25)22-15-5-4-13(21-16(15)26-18)11-2-1-3-14-12(11)8-20-23-14/h1-5,8H,6-7,9H2,(H,20,23)(H,22,25)/t18-/m0/s1. The first-order chi connectivity index (χ1) is 12.7. The number of pyridine rings is 1. The van der Waals surface area contributed by atoms with Crippen molar-refractivity contribution in [2.45, 2.75) is 12.0 Å². The van der Waals surface area contributed by atoms with Gasteiger partial charge in [0.15, 0.2) is 6.19 Å².